The smallest absolute Gasteiger partial charge is 0.155 e. The summed E-state index contributed by atoms with van der Waals surface area (Å²) in [6, 6.07) is 0.0916. The van der Waals surface area contributed by atoms with E-state index in [0.717, 1.165) is 0 Å². The van der Waals surface area contributed by atoms with Crippen LogP contribution in [0.2, 0.25) is 0 Å². The molecule has 0 spiro atoms. The lowest BCUT2D eigenvalue weighted by atomic mass is 9.70. The first-order valence-corrected chi connectivity index (χ1v) is 4.41. The highest BCUT2D eigenvalue weighted by molar-refractivity contribution is 5.91. The van der Waals surface area contributed by atoms with E-state index < -0.39 is 0 Å². The van der Waals surface area contributed by atoms with Crippen LogP contribution < -0.4 is 5.73 Å². The molecule has 2 atom stereocenters. The number of rotatable bonds is 1. The van der Waals surface area contributed by atoms with Gasteiger partial charge in [0, 0.05) is 12.5 Å². The quantitative estimate of drug-likeness (QED) is 0.643. The molecule has 2 unspecified atom stereocenters. The van der Waals surface area contributed by atoms with Crippen LogP contribution in [0.15, 0.2) is 12.2 Å². The van der Waals surface area contributed by atoms with Gasteiger partial charge in [-0.25, -0.2) is 0 Å². The molecule has 1 rings (SSSR count). The van der Waals surface area contributed by atoms with Gasteiger partial charge in [0.25, 0.3) is 0 Å². The number of nitrogens with two attached hydrogens (primary N) is 1. The minimum atomic E-state index is 0.0715. The molecule has 1 aliphatic rings. The van der Waals surface area contributed by atoms with Gasteiger partial charge in [-0.05, 0) is 24.3 Å². The van der Waals surface area contributed by atoms with E-state index in [1.54, 1.807) is 6.08 Å². The first-order valence-electron chi connectivity index (χ1n) is 4.41. The van der Waals surface area contributed by atoms with Crippen molar-refractivity contribution in [1.82, 2.24) is 0 Å². The molecule has 0 aromatic rings. The van der Waals surface area contributed by atoms with E-state index in [2.05, 4.69) is 13.8 Å². The largest absolute Gasteiger partial charge is 0.328 e. The average molecular weight is 167 g/mol. The van der Waals surface area contributed by atoms with Gasteiger partial charge in [0.15, 0.2) is 5.78 Å². The molecule has 0 radical (unpaired) electrons. The third-order valence-electron chi connectivity index (χ3n) is 2.71. The summed E-state index contributed by atoms with van der Waals surface area (Å²) >= 11 is 0. The Morgan fingerprint density at radius 2 is 2.25 bits per heavy atom. The van der Waals surface area contributed by atoms with E-state index in [0.29, 0.717) is 6.42 Å². The van der Waals surface area contributed by atoms with Crippen LogP contribution in [-0.2, 0) is 4.79 Å². The lowest BCUT2D eigenvalue weighted by molar-refractivity contribution is -0.117. The summed E-state index contributed by atoms with van der Waals surface area (Å²) in [7, 11) is 0. The summed E-state index contributed by atoms with van der Waals surface area (Å²) in [5.41, 5.74) is 5.89. The van der Waals surface area contributed by atoms with Crippen molar-refractivity contribution in [2.45, 2.75) is 33.2 Å². The predicted molar refractivity (Wildman–Crippen MR) is 49.7 cm³/mol. The lowest BCUT2D eigenvalue weighted by Crippen LogP contribution is -2.40. The molecule has 0 aromatic heterocycles. The molecule has 0 amide bonds. The van der Waals surface area contributed by atoms with Crippen molar-refractivity contribution in [3.05, 3.63) is 12.2 Å². The van der Waals surface area contributed by atoms with Crippen LogP contribution in [0.25, 0.3) is 0 Å². The fraction of sp³-hybridized carbons (Fsp3) is 0.700. The Hall–Kier alpha value is -0.630. The van der Waals surface area contributed by atoms with Crippen LogP contribution in [0.5, 0.6) is 0 Å². The monoisotopic (exact) mass is 167 g/mol. The van der Waals surface area contributed by atoms with Gasteiger partial charge in [0.2, 0.25) is 0 Å². The molecule has 0 bridgehead atoms. The fourth-order valence-electron chi connectivity index (χ4n) is 1.84. The highest BCUT2D eigenvalue weighted by atomic mass is 16.1. The first-order chi connectivity index (χ1) is 5.43. The summed E-state index contributed by atoms with van der Waals surface area (Å²) in [4.78, 5) is 11.1. The second kappa shape index (κ2) is 3.02. The van der Waals surface area contributed by atoms with E-state index in [-0.39, 0.29) is 23.2 Å². The Kier molecular flexibility index (Phi) is 2.38. The van der Waals surface area contributed by atoms with Crippen molar-refractivity contribution in [1.29, 1.82) is 0 Å². The second-order valence-corrected chi connectivity index (χ2v) is 4.29. The maximum atomic E-state index is 11.1. The van der Waals surface area contributed by atoms with E-state index >= 15 is 0 Å². The van der Waals surface area contributed by atoms with E-state index in [9.17, 15) is 4.79 Å². The lowest BCUT2D eigenvalue weighted by Gasteiger charge is -2.36. The van der Waals surface area contributed by atoms with Crippen molar-refractivity contribution in [3.8, 4) is 0 Å². The van der Waals surface area contributed by atoms with Crippen LogP contribution in [0, 0.1) is 11.3 Å². The molecule has 2 N–H and O–H groups in total. The van der Waals surface area contributed by atoms with Gasteiger partial charge in [-0.1, -0.05) is 19.9 Å². The van der Waals surface area contributed by atoms with Crippen LogP contribution in [0.3, 0.4) is 0 Å². The zero-order chi connectivity index (χ0) is 9.35. The number of carbonyl (C=O) groups excluding carboxylic acids is 1. The zero-order valence-corrected chi connectivity index (χ0v) is 8.00. The zero-order valence-electron chi connectivity index (χ0n) is 8.00. The number of hydrogen-bond acceptors (Lipinski definition) is 2. The molecular formula is C10H17NO. The van der Waals surface area contributed by atoms with Gasteiger partial charge in [-0.15, -0.1) is 0 Å². The van der Waals surface area contributed by atoms with Crippen molar-refractivity contribution in [2.24, 2.45) is 17.1 Å². The third-order valence-corrected chi connectivity index (χ3v) is 2.71. The summed E-state index contributed by atoms with van der Waals surface area (Å²) in [5.74, 6) is 0.492. The molecule has 0 saturated heterocycles. The van der Waals surface area contributed by atoms with Crippen LogP contribution >= 0.6 is 0 Å². The molecular weight excluding hydrogens is 150 g/mol. The van der Waals surface area contributed by atoms with Crippen molar-refractivity contribution < 1.29 is 4.79 Å². The first kappa shape index (κ1) is 9.46. The van der Waals surface area contributed by atoms with Crippen LogP contribution in [0.1, 0.15) is 27.2 Å². The molecule has 0 aliphatic heterocycles. The van der Waals surface area contributed by atoms with E-state index in [1.807, 2.05) is 13.0 Å². The standard InChI is InChI=1S/C10H17NO/c1-7(11)9-6-8(12)4-5-10(9,2)3/h4-5,7,9H,6,11H2,1-3H3. The molecule has 1 aliphatic carbocycles. The molecule has 2 nitrogen and oxygen atoms in total. The SMILES string of the molecule is CC(N)C1CC(=O)C=CC1(C)C. The van der Waals surface area contributed by atoms with Gasteiger partial charge >= 0.3 is 0 Å². The maximum Gasteiger partial charge on any atom is 0.155 e. The van der Waals surface area contributed by atoms with E-state index in [1.165, 1.54) is 0 Å². The predicted octanol–water partition coefficient (Wildman–Crippen LogP) is 1.50. The highest BCUT2D eigenvalue weighted by Crippen LogP contribution is 2.36. The van der Waals surface area contributed by atoms with Crippen molar-refractivity contribution >= 4 is 5.78 Å². The Morgan fingerprint density at radius 1 is 1.67 bits per heavy atom. The van der Waals surface area contributed by atoms with Gasteiger partial charge in [-0.3, -0.25) is 4.79 Å². The van der Waals surface area contributed by atoms with E-state index in [4.69, 9.17) is 5.73 Å². The summed E-state index contributed by atoms with van der Waals surface area (Å²) in [6.07, 6.45) is 4.26. The minimum Gasteiger partial charge on any atom is -0.328 e. The summed E-state index contributed by atoms with van der Waals surface area (Å²) < 4.78 is 0. The number of hydrogen-bond donors (Lipinski definition) is 1. The number of ketones is 1. The van der Waals surface area contributed by atoms with Crippen LogP contribution in [-0.4, -0.2) is 11.8 Å². The minimum absolute atomic E-state index is 0.0715. The number of allylic oxidation sites excluding steroid dienone is 2. The van der Waals surface area contributed by atoms with Gasteiger partial charge in [0.1, 0.15) is 0 Å². The summed E-state index contributed by atoms with van der Waals surface area (Å²) in [6.45, 7) is 6.23. The fourth-order valence-corrected chi connectivity index (χ4v) is 1.84. The molecule has 0 heterocycles. The summed E-state index contributed by atoms with van der Waals surface area (Å²) in [5, 5.41) is 0. The maximum absolute atomic E-state index is 11.1. The molecule has 0 saturated carbocycles. The Labute approximate surface area is 73.8 Å². The Morgan fingerprint density at radius 3 is 2.67 bits per heavy atom. The molecule has 0 fully saturated rings. The van der Waals surface area contributed by atoms with Crippen molar-refractivity contribution in [2.75, 3.05) is 0 Å². The number of carbonyl (C=O) groups is 1. The van der Waals surface area contributed by atoms with Crippen LogP contribution in [0.4, 0.5) is 0 Å². The molecule has 68 valence electrons. The Balaban J connectivity index is 2.86. The van der Waals surface area contributed by atoms with Gasteiger partial charge in [-0.2, -0.15) is 0 Å². The topological polar surface area (TPSA) is 43.1 Å². The second-order valence-electron chi connectivity index (χ2n) is 4.29. The molecule has 0 aromatic carbocycles. The average Bonchev–Trinajstić information content (AvgIpc) is 1.94. The molecule has 12 heavy (non-hydrogen) atoms. The van der Waals surface area contributed by atoms with Crippen molar-refractivity contribution in [3.63, 3.8) is 0 Å². The third kappa shape index (κ3) is 1.75. The molecule has 2 heteroatoms. The normalized spacial score (nSPS) is 30.3. The Bertz CT molecular complexity index is 216. The van der Waals surface area contributed by atoms with Gasteiger partial charge < -0.3 is 5.73 Å². The van der Waals surface area contributed by atoms with Gasteiger partial charge in [0.05, 0.1) is 0 Å². The highest BCUT2D eigenvalue weighted by Gasteiger charge is 2.34.